The monoisotopic (exact) mass is 307 g/mol. The van der Waals surface area contributed by atoms with Crippen LogP contribution in [0.3, 0.4) is 0 Å². The van der Waals surface area contributed by atoms with Crippen LogP contribution >= 0.6 is 22.9 Å². The molecule has 0 unspecified atom stereocenters. The predicted molar refractivity (Wildman–Crippen MR) is 77.2 cm³/mol. The zero-order chi connectivity index (χ0) is 14.1. The molecule has 3 heterocycles. The summed E-state index contributed by atoms with van der Waals surface area (Å²) >= 11 is 7.24. The zero-order valence-corrected chi connectivity index (χ0v) is 12.1. The molecule has 3 aromatic heterocycles. The van der Waals surface area contributed by atoms with Gasteiger partial charge in [0.05, 0.1) is 17.1 Å². The van der Waals surface area contributed by atoms with E-state index in [4.69, 9.17) is 11.6 Å². The van der Waals surface area contributed by atoms with E-state index >= 15 is 0 Å². The topological polar surface area (TPSA) is 72.2 Å². The van der Waals surface area contributed by atoms with Crippen molar-refractivity contribution in [1.29, 1.82) is 0 Å². The number of carbonyl (C=O) groups excluding carboxylic acids is 1. The number of hydrogen-bond donors (Lipinski definition) is 1. The van der Waals surface area contributed by atoms with Gasteiger partial charge in [0.2, 0.25) is 11.0 Å². The first kappa shape index (κ1) is 13.0. The van der Waals surface area contributed by atoms with Gasteiger partial charge in [0.25, 0.3) is 0 Å². The van der Waals surface area contributed by atoms with Gasteiger partial charge >= 0.3 is 0 Å². The molecule has 20 heavy (non-hydrogen) atoms. The highest BCUT2D eigenvalue weighted by molar-refractivity contribution is 7.15. The smallest absolute Gasteiger partial charge is 0.232 e. The molecule has 102 valence electrons. The number of hydrogen-bond acceptors (Lipinski definition) is 5. The van der Waals surface area contributed by atoms with Crippen molar-refractivity contribution in [2.45, 2.75) is 13.3 Å². The maximum atomic E-state index is 11.9. The lowest BCUT2D eigenvalue weighted by Gasteiger charge is -1.97. The molecule has 1 amide bonds. The molecule has 0 radical (unpaired) electrons. The summed E-state index contributed by atoms with van der Waals surface area (Å²) in [7, 11) is 0. The van der Waals surface area contributed by atoms with Crippen molar-refractivity contribution in [2.75, 3.05) is 5.32 Å². The van der Waals surface area contributed by atoms with E-state index in [9.17, 15) is 4.79 Å². The van der Waals surface area contributed by atoms with E-state index in [-0.39, 0.29) is 12.3 Å². The number of rotatable bonds is 3. The fourth-order valence-electron chi connectivity index (χ4n) is 1.78. The molecule has 0 saturated carbocycles. The van der Waals surface area contributed by atoms with Gasteiger partial charge in [-0.15, -0.1) is 10.2 Å². The Morgan fingerprint density at radius 2 is 2.25 bits per heavy atom. The first-order valence-electron chi connectivity index (χ1n) is 5.83. The normalized spacial score (nSPS) is 10.9. The summed E-state index contributed by atoms with van der Waals surface area (Å²) in [6.07, 6.45) is 3.71. The van der Waals surface area contributed by atoms with Gasteiger partial charge in [-0.25, -0.2) is 4.98 Å². The number of nitrogens with zero attached hydrogens (tertiary/aromatic N) is 4. The minimum absolute atomic E-state index is 0.171. The van der Waals surface area contributed by atoms with Crippen molar-refractivity contribution in [3.8, 4) is 0 Å². The van der Waals surface area contributed by atoms with Gasteiger partial charge < -0.3 is 9.72 Å². The fourth-order valence-corrected chi connectivity index (χ4v) is 2.55. The number of imidazole rings is 1. The van der Waals surface area contributed by atoms with E-state index < -0.39 is 0 Å². The number of nitrogens with one attached hydrogen (secondary N) is 1. The molecule has 0 aliphatic heterocycles. The highest BCUT2D eigenvalue weighted by atomic mass is 35.5. The van der Waals surface area contributed by atoms with Gasteiger partial charge in [0, 0.05) is 12.4 Å². The molecule has 0 fully saturated rings. The van der Waals surface area contributed by atoms with Crippen LogP contribution in [0.25, 0.3) is 5.65 Å². The Labute approximate surface area is 123 Å². The van der Waals surface area contributed by atoms with Gasteiger partial charge in [-0.3, -0.25) is 4.79 Å². The summed E-state index contributed by atoms with van der Waals surface area (Å²) in [5, 5.41) is 12.3. The van der Waals surface area contributed by atoms with Crippen molar-refractivity contribution in [1.82, 2.24) is 19.6 Å². The molecule has 0 saturated heterocycles. The van der Waals surface area contributed by atoms with Crippen LogP contribution in [0.15, 0.2) is 24.5 Å². The lowest BCUT2D eigenvalue weighted by Crippen LogP contribution is -2.14. The lowest BCUT2D eigenvalue weighted by atomic mass is 10.3. The SMILES string of the molecule is Cc1nnc(NC(=O)Cc2cn3cc(Cl)ccc3n2)s1. The molecule has 0 spiro atoms. The molecule has 0 aliphatic rings. The van der Waals surface area contributed by atoms with E-state index in [1.807, 2.05) is 6.92 Å². The number of aryl methyl sites for hydroxylation is 1. The fraction of sp³-hybridized carbons (Fsp3) is 0.167. The molecule has 3 rings (SSSR count). The number of anilines is 1. The Morgan fingerprint density at radius 3 is 3.00 bits per heavy atom. The Kier molecular flexibility index (Phi) is 3.37. The van der Waals surface area contributed by atoms with Crippen molar-refractivity contribution >= 4 is 39.6 Å². The molecule has 0 aliphatic carbocycles. The number of aromatic nitrogens is 4. The van der Waals surface area contributed by atoms with Gasteiger partial charge in [0.1, 0.15) is 10.7 Å². The Bertz CT molecular complexity index is 781. The summed E-state index contributed by atoms with van der Waals surface area (Å²) in [6, 6.07) is 3.57. The Balaban J connectivity index is 1.73. The van der Waals surface area contributed by atoms with Crippen LogP contribution in [0.4, 0.5) is 5.13 Å². The summed E-state index contributed by atoms with van der Waals surface area (Å²) in [6.45, 7) is 1.83. The van der Waals surface area contributed by atoms with Crippen LogP contribution in [-0.2, 0) is 11.2 Å². The third-order valence-corrected chi connectivity index (χ3v) is 3.56. The third kappa shape index (κ3) is 2.78. The summed E-state index contributed by atoms with van der Waals surface area (Å²) in [5.41, 5.74) is 1.43. The highest BCUT2D eigenvalue weighted by Gasteiger charge is 2.10. The van der Waals surface area contributed by atoms with Crippen molar-refractivity contribution in [3.63, 3.8) is 0 Å². The molecular weight excluding hydrogens is 298 g/mol. The van der Waals surface area contributed by atoms with E-state index in [0.717, 1.165) is 10.7 Å². The first-order chi connectivity index (χ1) is 9.60. The number of carbonyl (C=O) groups is 1. The first-order valence-corrected chi connectivity index (χ1v) is 7.03. The molecule has 0 atom stereocenters. The maximum absolute atomic E-state index is 11.9. The molecular formula is C12H10ClN5OS. The summed E-state index contributed by atoms with van der Waals surface area (Å²) in [4.78, 5) is 16.2. The quantitative estimate of drug-likeness (QED) is 0.806. The lowest BCUT2D eigenvalue weighted by molar-refractivity contribution is -0.115. The van der Waals surface area contributed by atoms with Crippen LogP contribution in [0, 0.1) is 6.92 Å². The Hall–Kier alpha value is -1.99. The van der Waals surface area contributed by atoms with Crippen LogP contribution in [0.1, 0.15) is 10.7 Å². The molecule has 6 nitrogen and oxygen atoms in total. The van der Waals surface area contributed by atoms with Gasteiger partial charge in [-0.1, -0.05) is 22.9 Å². The molecule has 3 aromatic rings. The standard InChI is InChI=1S/C12H10ClN5OS/c1-7-16-17-12(20-7)15-11(19)4-9-6-18-5-8(13)2-3-10(18)14-9/h2-3,5-6H,4H2,1H3,(H,15,17,19). The summed E-state index contributed by atoms with van der Waals surface area (Å²) in [5.74, 6) is -0.171. The molecule has 8 heteroatoms. The van der Waals surface area contributed by atoms with Gasteiger partial charge in [-0.2, -0.15) is 0 Å². The van der Waals surface area contributed by atoms with E-state index in [0.29, 0.717) is 15.8 Å². The number of halogens is 1. The molecule has 0 aromatic carbocycles. The minimum atomic E-state index is -0.171. The van der Waals surface area contributed by atoms with E-state index in [2.05, 4.69) is 20.5 Å². The van der Waals surface area contributed by atoms with Crippen LogP contribution in [0.2, 0.25) is 5.02 Å². The highest BCUT2D eigenvalue weighted by Crippen LogP contribution is 2.15. The van der Waals surface area contributed by atoms with Crippen LogP contribution in [-0.4, -0.2) is 25.5 Å². The number of fused-ring (bicyclic) bond motifs is 1. The van der Waals surface area contributed by atoms with Crippen molar-refractivity contribution in [2.24, 2.45) is 0 Å². The second-order valence-corrected chi connectivity index (χ2v) is 5.81. The largest absolute Gasteiger partial charge is 0.305 e. The predicted octanol–water partition coefficient (Wildman–Crippen LogP) is 2.33. The zero-order valence-electron chi connectivity index (χ0n) is 10.5. The number of pyridine rings is 1. The van der Waals surface area contributed by atoms with Crippen LogP contribution in [0.5, 0.6) is 0 Å². The van der Waals surface area contributed by atoms with Crippen molar-refractivity contribution in [3.05, 3.63) is 40.3 Å². The Morgan fingerprint density at radius 1 is 1.40 bits per heavy atom. The van der Waals surface area contributed by atoms with Gasteiger partial charge in [0.15, 0.2) is 0 Å². The van der Waals surface area contributed by atoms with Crippen LogP contribution < -0.4 is 5.32 Å². The average Bonchev–Trinajstić information content (AvgIpc) is 2.94. The van der Waals surface area contributed by atoms with Gasteiger partial charge in [-0.05, 0) is 19.1 Å². The molecule has 1 N–H and O–H groups in total. The second kappa shape index (κ2) is 5.18. The van der Waals surface area contributed by atoms with E-state index in [1.54, 1.807) is 28.9 Å². The second-order valence-electron chi connectivity index (χ2n) is 4.20. The maximum Gasteiger partial charge on any atom is 0.232 e. The minimum Gasteiger partial charge on any atom is -0.305 e. The summed E-state index contributed by atoms with van der Waals surface area (Å²) < 4.78 is 1.79. The van der Waals surface area contributed by atoms with Crippen molar-refractivity contribution < 1.29 is 4.79 Å². The molecule has 0 bridgehead atoms. The average molecular weight is 308 g/mol. The third-order valence-electron chi connectivity index (χ3n) is 2.58. The number of amides is 1. The van der Waals surface area contributed by atoms with E-state index in [1.165, 1.54) is 11.3 Å².